The van der Waals surface area contributed by atoms with E-state index in [1.54, 1.807) is 6.26 Å². The summed E-state index contributed by atoms with van der Waals surface area (Å²) in [6, 6.07) is 3.73. The third kappa shape index (κ3) is 1.53. The molecule has 1 aliphatic heterocycles. The average molecular weight is 194 g/mol. The van der Waals surface area contributed by atoms with Crippen molar-refractivity contribution in [3.05, 3.63) is 24.2 Å². The summed E-state index contributed by atoms with van der Waals surface area (Å²) in [5.41, 5.74) is 0. The maximum atomic E-state index is 11.5. The van der Waals surface area contributed by atoms with Gasteiger partial charge in [-0.2, -0.15) is 0 Å². The molecule has 1 fully saturated rings. The number of carbonyl (C=O) groups excluding carboxylic acids is 1. The minimum Gasteiger partial charge on any atom is -0.466 e. The van der Waals surface area contributed by atoms with Crippen molar-refractivity contribution >= 4 is 5.91 Å². The molecule has 1 amide bonds. The van der Waals surface area contributed by atoms with E-state index in [1.165, 1.54) is 0 Å². The van der Waals surface area contributed by atoms with Gasteiger partial charge in [-0.3, -0.25) is 10.1 Å². The second-order valence-corrected chi connectivity index (χ2v) is 3.39. The lowest BCUT2D eigenvalue weighted by atomic mass is 10.3. The molecule has 0 radical (unpaired) electrons. The normalized spacial score (nSPS) is 21.9. The summed E-state index contributed by atoms with van der Waals surface area (Å²) in [5, 5.41) is 3.13. The average Bonchev–Trinajstić information content (AvgIpc) is 2.77. The quantitative estimate of drug-likeness (QED) is 0.784. The molecule has 4 nitrogen and oxygen atoms in total. The Balaban J connectivity index is 2.15. The van der Waals surface area contributed by atoms with Crippen LogP contribution in [0.1, 0.15) is 25.3 Å². The summed E-state index contributed by atoms with van der Waals surface area (Å²) in [7, 11) is 0. The summed E-state index contributed by atoms with van der Waals surface area (Å²) in [6.45, 7) is 3.24. The number of amides is 1. The first-order valence-corrected chi connectivity index (χ1v) is 4.89. The minimum atomic E-state index is -0.0718. The van der Waals surface area contributed by atoms with Crippen LogP contribution in [-0.2, 0) is 4.79 Å². The highest BCUT2D eigenvalue weighted by Crippen LogP contribution is 2.22. The van der Waals surface area contributed by atoms with Crippen molar-refractivity contribution in [2.45, 2.75) is 19.5 Å². The molecular weight excluding hydrogens is 180 g/mol. The Morgan fingerprint density at radius 3 is 3.21 bits per heavy atom. The molecule has 1 saturated heterocycles. The number of nitrogens with zero attached hydrogens (tertiary/aromatic N) is 1. The van der Waals surface area contributed by atoms with E-state index < -0.39 is 0 Å². The number of hydrogen-bond donors (Lipinski definition) is 1. The Morgan fingerprint density at radius 2 is 2.57 bits per heavy atom. The van der Waals surface area contributed by atoms with E-state index in [-0.39, 0.29) is 12.1 Å². The highest BCUT2D eigenvalue weighted by molar-refractivity contribution is 5.80. The summed E-state index contributed by atoms with van der Waals surface area (Å²) >= 11 is 0. The smallest absolute Gasteiger partial charge is 0.238 e. The number of furan rings is 1. The zero-order chi connectivity index (χ0) is 9.97. The Morgan fingerprint density at radius 1 is 1.71 bits per heavy atom. The summed E-state index contributed by atoms with van der Waals surface area (Å²) in [5.74, 6) is 0.956. The lowest BCUT2D eigenvalue weighted by Crippen LogP contribution is -2.30. The zero-order valence-corrected chi connectivity index (χ0v) is 8.19. The Bertz CT molecular complexity index is 308. The molecule has 4 heteroatoms. The van der Waals surface area contributed by atoms with Crippen molar-refractivity contribution in [2.24, 2.45) is 0 Å². The van der Waals surface area contributed by atoms with Crippen LogP contribution >= 0.6 is 0 Å². The van der Waals surface area contributed by atoms with Crippen molar-refractivity contribution in [2.75, 3.05) is 13.1 Å². The van der Waals surface area contributed by atoms with E-state index in [1.807, 2.05) is 17.0 Å². The van der Waals surface area contributed by atoms with Crippen molar-refractivity contribution in [1.29, 1.82) is 0 Å². The monoisotopic (exact) mass is 194 g/mol. The standard InChI is InChI=1S/C10H14N2O2/c1-2-5-12-9(13)7-11-10(12)8-4-3-6-14-8/h3-4,6,10-11H,2,5,7H2,1H3. The van der Waals surface area contributed by atoms with Crippen LogP contribution in [0.4, 0.5) is 0 Å². The zero-order valence-electron chi connectivity index (χ0n) is 8.19. The molecule has 1 atom stereocenters. The molecule has 2 heterocycles. The summed E-state index contributed by atoms with van der Waals surface area (Å²) in [4.78, 5) is 13.3. The Kier molecular flexibility index (Phi) is 2.54. The maximum Gasteiger partial charge on any atom is 0.238 e. The first-order chi connectivity index (χ1) is 6.83. The predicted molar refractivity (Wildman–Crippen MR) is 51.5 cm³/mol. The summed E-state index contributed by atoms with van der Waals surface area (Å²) < 4.78 is 5.29. The molecule has 0 aliphatic carbocycles. The predicted octanol–water partition coefficient (Wildman–Crippen LogP) is 1.12. The molecule has 76 valence electrons. The van der Waals surface area contributed by atoms with E-state index >= 15 is 0 Å². The van der Waals surface area contributed by atoms with Crippen LogP contribution in [0, 0.1) is 0 Å². The van der Waals surface area contributed by atoms with Gasteiger partial charge in [0.2, 0.25) is 5.91 Å². The van der Waals surface area contributed by atoms with E-state index in [9.17, 15) is 4.79 Å². The van der Waals surface area contributed by atoms with Crippen LogP contribution in [0.5, 0.6) is 0 Å². The Hall–Kier alpha value is -1.29. The molecule has 0 saturated carbocycles. The van der Waals surface area contributed by atoms with Crippen molar-refractivity contribution in [3.63, 3.8) is 0 Å². The van der Waals surface area contributed by atoms with Gasteiger partial charge in [0.15, 0.2) is 0 Å². The summed E-state index contributed by atoms with van der Waals surface area (Å²) in [6.07, 6.45) is 2.52. The molecule has 1 unspecified atom stereocenters. The molecule has 1 N–H and O–H groups in total. The van der Waals surface area contributed by atoms with Gasteiger partial charge in [-0.25, -0.2) is 0 Å². The number of carbonyl (C=O) groups is 1. The van der Waals surface area contributed by atoms with Crippen LogP contribution in [0.3, 0.4) is 0 Å². The third-order valence-corrected chi connectivity index (χ3v) is 2.36. The Labute approximate surface area is 82.9 Å². The van der Waals surface area contributed by atoms with E-state index in [4.69, 9.17) is 4.42 Å². The van der Waals surface area contributed by atoms with Crippen LogP contribution in [0.2, 0.25) is 0 Å². The van der Waals surface area contributed by atoms with Crippen LogP contribution in [-0.4, -0.2) is 23.9 Å². The molecule has 2 rings (SSSR count). The number of rotatable bonds is 3. The van der Waals surface area contributed by atoms with Gasteiger partial charge in [-0.15, -0.1) is 0 Å². The van der Waals surface area contributed by atoms with Crippen molar-refractivity contribution < 1.29 is 9.21 Å². The first kappa shape index (κ1) is 9.27. The fourth-order valence-corrected chi connectivity index (χ4v) is 1.74. The number of nitrogens with one attached hydrogen (secondary N) is 1. The maximum absolute atomic E-state index is 11.5. The van der Waals surface area contributed by atoms with E-state index in [2.05, 4.69) is 12.2 Å². The fourth-order valence-electron chi connectivity index (χ4n) is 1.74. The van der Waals surface area contributed by atoms with Gasteiger partial charge < -0.3 is 9.32 Å². The molecule has 1 aromatic heterocycles. The highest BCUT2D eigenvalue weighted by atomic mass is 16.3. The molecule has 0 spiro atoms. The van der Waals surface area contributed by atoms with Crippen LogP contribution in [0.15, 0.2) is 22.8 Å². The van der Waals surface area contributed by atoms with Gasteiger partial charge in [0.25, 0.3) is 0 Å². The van der Waals surface area contributed by atoms with E-state index in [0.29, 0.717) is 6.54 Å². The van der Waals surface area contributed by atoms with Crippen molar-refractivity contribution in [3.8, 4) is 0 Å². The SMILES string of the molecule is CCCN1C(=O)CNC1c1ccco1. The molecule has 14 heavy (non-hydrogen) atoms. The van der Waals surface area contributed by atoms with Crippen molar-refractivity contribution in [1.82, 2.24) is 10.2 Å². The van der Waals surface area contributed by atoms with E-state index in [0.717, 1.165) is 18.7 Å². The van der Waals surface area contributed by atoms with Gasteiger partial charge in [0.1, 0.15) is 11.9 Å². The van der Waals surface area contributed by atoms with Gasteiger partial charge in [0.05, 0.1) is 12.8 Å². The van der Waals surface area contributed by atoms with Gasteiger partial charge >= 0.3 is 0 Å². The molecule has 1 aromatic rings. The first-order valence-electron chi connectivity index (χ1n) is 4.89. The van der Waals surface area contributed by atoms with Gasteiger partial charge in [-0.1, -0.05) is 6.92 Å². The second kappa shape index (κ2) is 3.84. The van der Waals surface area contributed by atoms with Gasteiger partial charge in [-0.05, 0) is 18.6 Å². The second-order valence-electron chi connectivity index (χ2n) is 3.39. The number of hydrogen-bond acceptors (Lipinski definition) is 3. The third-order valence-electron chi connectivity index (χ3n) is 2.36. The fraction of sp³-hybridized carbons (Fsp3) is 0.500. The molecular formula is C10H14N2O2. The largest absolute Gasteiger partial charge is 0.466 e. The molecule has 1 aliphatic rings. The minimum absolute atomic E-state index is 0.0718. The molecule has 0 bridgehead atoms. The van der Waals surface area contributed by atoms with Gasteiger partial charge in [0, 0.05) is 6.54 Å². The lowest BCUT2D eigenvalue weighted by molar-refractivity contribution is -0.128. The topological polar surface area (TPSA) is 45.5 Å². The van der Waals surface area contributed by atoms with Crippen LogP contribution in [0.25, 0.3) is 0 Å². The van der Waals surface area contributed by atoms with Crippen LogP contribution < -0.4 is 5.32 Å². The molecule has 0 aromatic carbocycles. The lowest BCUT2D eigenvalue weighted by Gasteiger charge is -2.21. The highest BCUT2D eigenvalue weighted by Gasteiger charge is 2.32.